The van der Waals surface area contributed by atoms with E-state index in [1.807, 2.05) is 0 Å². The van der Waals surface area contributed by atoms with Crippen LogP contribution in [0, 0.1) is 10.1 Å². The van der Waals surface area contributed by atoms with Gasteiger partial charge in [0.05, 0.1) is 4.92 Å². The van der Waals surface area contributed by atoms with E-state index in [1.165, 1.54) is 0 Å². The highest BCUT2D eigenvalue weighted by atomic mass is 79.9. The Morgan fingerprint density at radius 1 is 1.46 bits per heavy atom. The van der Waals surface area contributed by atoms with Crippen LogP contribution in [0.25, 0.3) is 0 Å². The van der Waals surface area contributed by atoms with Crippen LogP contribution in [0.3, 0.4) is 0 Å². The number of carbonyl (C=O) groups is 1. The van der Waals surface area contributed by atoms with Gasteiger partial charge in [-0.05, 0) is 0 Å². The van der Waals surface area contributed by atoms with E-state index in [2.05, 4.69) is 15.9 Å². The molecule has 0 aromatic heterocycles. The molecule has 0 aliphatic rings. The molecule has 0 unspecified atom stereocenters. The van der Waals surface area contributed by atoms with Crippen LogP contribution in [-0.2, 0) is 0 Å². The second-order valence-electron chi connectivity index (χ2n) is 2.22. The number of benzene rings is 1. The van der Waals surface area contributed by atoms with Crippen molar-refractivity contribution in [2.24, 2.45) is 0 Å². The SMILES string of the molecule is O=Cc1cc([N+](=O)[O-])cc(Br)c1[O-]. The Labute approximate surface area is 81.3 Å². The van der Waals surface area contributed by atoms with Crippen molar-refractivity contribution in [1.82, 2.24) is 0 Å². The van der Waals surface area contributed by atoms with Crippen molar-refractivity contribution in [3.05, 3.63) is 32.3 Å². The molecule has 0 fully saturated rings. The molecular weight excluding hydrogens is 242 g/mol. The lowest BCUT2D eigenvalue weighted by Crippen LogP contribution is -1.99. The number of nitro benzene ring substituents is 1. The fourth-order valence-electron chi connectivity index (χ4n) is 0.793. The maximum absolute atomic E-state index is 11.1. The lowest BCUT2D eigenvalue weighted by molar-refractivity contribution is -0.385. The van der Waals surface area contributed by atoms with Crippen molar-refractivity contribution in [1.29, 1.82) is 0 Å². The van der Waals surface area contributed by atoms with Gasteiger partial charge >= 0.3 is 0 Å². The maximum Gasteiger partial charge on any atom is 0.271 e. The smallest absolute Gasteiger partial charge is 0.271 e. The molecule has 13 heavy (non-hydrogen) atoms. The van der Waals surface area contributed by atoms with Gasteiger partial charge in [-0.1, -0.05) is 21.7 Å². The van der Waals surface area contributed by atoms with Gasteiger partial charge in [0.25, 0.3) is 5.69 Å². The van der Waals surface area contributed by atoms with E-state index < -0.39 is 10.7 Å². The molecule has 0 bridgehead atoms. The average molecular weight is 245 g/mol. The minimum atomic E-state index is -0.669. The summed E-state index contributed by atoms with van der Waals surface area (Å²) in [6.45, 7) is 0. The van der Waals surface area contributed by atoms with Gasteiger partial charge in [-0.3, -0.25) is 14.9 Å². The molecule has 0 radical (unpaired) electrons. The van der Waals surface area contributed by atoms with Crippen LogP contribution in [0.15, 0.2) is 16.6 Å². The highest BCUT2D eigenvalue weighted by molar-refractivity contribution is 9.10. The molecule has 1 rings (SSSR count). The normalized spacial score (nSPS) is 9.62. The summed E-state index contributed by atoms with van der Waals surface area (Å²) in [6, 6.07) is 2.01. The molecule has 0 N–H and O–H groups in total. The van der Waals surface area contributed by atoms with E-state index >= 15 is 0 Å². The lowest BCUT2D eigenvalue weighted by Gasteiger charge is -2.10. The Kier molecular flexibility index (Phi) is 2.62. The first-order valence-electron chi connectivity index (χ1n) is 3.16. The second kappa shape index (κ2) is 3.53. The molecule has 0 spiro atoms. The quantitative estimate of drug-likeness (QED) is 0.445. The molecule has 1 aromatic rings. The highest BCUT2D eigenvalue weighted by Crippen LogP contribution is 2.29. The summed E-state index contributed by atoms with van der Waals surface area (Å²) in [4.78, 5) is 19.9. The zero-order chi connectivity index (χ0) is 10.0. The van der Waals surface area contributed by atoms with Crippen LogP contribution >= 0.6 is 15.9 Å². The molecule has 0 aliphatic heterocycles. The van der Waals surface area contributed by atoms with Crippen molar-refractivity contribution >= 4 is 27.9 Å². The Hall–Kier alpha value is -1.43. The average Bonchev–Trinajstić information content (AvgIpc) is 2.09. The Balaban J connectivity index is 3.38. The second-order valence-corrected chi connectivity index (χ2v) is 3.08. The Bertz CT molecular complexity index is 377. The number of halogens is 1. The van der Waals surface area contributed by atoms with Crippen LogP contribution in [0.1, 0.15) is 10.4 Å². The van der Waals surface area contributed by atoms with Crippen LogP contribution in [0.5, 0.6) is 5.75 Å². The Morgan fingerprint density at radius 3 is 2.54 bits per heavy atom. The highest BCUT2D eigenvalue weighted by Gasteiger charge is 2.09. The van der Waals surface area contributed by atoms with Gasteiger partial charge < -0.3 is 5.11 Å². The van der Waals surface area contributed by atoms with Gasteiger partial charge in [-0.15, -0.1) is 0 Å². The van der Waals surface area contributed by atoms with Crippen LogP contribution in [-0.4, -0.2) is 11.2 Å². The maximum atomic E-state index is 11.1. The van der Waals surface area contributed by atoms with E-state index in [0.29, 0.717) is 6.29 Å². The third kappa shape index (κ3) is 1.83. The van der Waals surface area contributed by atoms with Crippen molar-refractivity contribution in [3.63, 3.8) is 0 Å². The van der Waals surface area contributed by atoms with E-state index in [0.717, 1.165) is 12.1 Å². The van der Waals surface area contributed by atoms with E-state index in [4.69, 9.17) is 0 Å². The van der Waals surface area contributed by atoms with Crippen LogP contribution in [0.4, 0.5) is 5.69 Å². The van der Waals surface area contributed by atoms with Gasteiger partial charge in [-0.2, -0.15) is 0 Å². The zero-order valence-corrected chi connectivity index (χ0v) is 7.78. The van der Waals surface area contributed by atoms with E-state index in [9.17, 15) is 20.0 Å². The molecule has 68 valence electrons. The van der Waals surface area contributed by atoms with Gasteiger partial charge in [-0.25, -0.2) is 0 Å². The fourth-order valence-corrected chi connectivity index (χ4v) is 1.26. The number of non-ortho nitro benzene ring substituents is 1. The molecule has 0 heterocycles. The van der Waals surface area contributed by atoms with Gasteiger partial charge in [0.1, 0.15) is 6.29 Å². The molecule has 0 aliphatic carbocycles. The summed E-state index contributed by atoms with van der Waals surface area (Å²) < 4.78 is 0.0174. The number of hydrogen-bond donors (Lipinski definition) is 0. The van der Waals surface area contributed by atoms with E-state index in [1.54, 1.807) is 0 Å². The first-order valence-corrected chi connectivity index (χ1v) is 3.95. The first-order chi connectivity index (χ1) is 6.06. The van der Waals surface area contributed by atoms with Gasteiger partial charge in [0.15, 0.2) is 0 Å². The number of aldehydes is 1. The number of hydrogen-bond acceptors (Lipinski definition) is 4. The van der Waals surface area contributed by atoms with Crippen molar-refractivity contribution < 1.29 is 14.8 Å². The summed E-state index contributed by atoms with van der Waals surface area (Å²) >= 11 is 2.83. The number of rotatable bonds is 2. The third-order valence-electron chi connectivity index (χ3n) is 1.39. The predicted octanol–water partition coefficient (Wildman–Crippen LogP) is 1.24. The number of nitrogens with zero attached hydrogens (tertiary/aromatic N) is 1. The molecule has 0 amide bonds. The summed E-state index contributed by atoms with van der Waals surface area (Å²) in [5, 5.41) is 21.4. The predicted molar refractivity (Wildman–Crippen MR) is 45.6 cm³/mol. The van der Waals surface area contributed by atoms with Crippen molar-refractivity contribution in [2.45, 2.75) is 0 Å². The molecule has 0 atom stereocenters. The van der Waals surface area contributed by atoms with E-state index in [-0.39, 0.29) is 15.7 Å². The molecule has 0 saturated carbocycles. The monoisotopic (exact) mass is 244 g/mol. The number of carbonyl (C=O) groups excluding carboxylic acids is 1. The fraction of sp³-hybridized carbons (Fsp3) is 0. The number of nitro groups is 1. The van der Waals surface area contributed by atoms with Crippen LogP contribution in [0.2, 0.25) is 0 Å². The van der Waals surface area contributed by atoms with Crippen LogP contribution < -0.4 is 5.11 Å². The van der Waals surface area contributed by atoms with Gasteiger partial charge in [0, 0.05) is 22.2 Å². The zero-order valence-electron chi connectivity index (χ0n) is 6.19. The summed E-state index contributed by atoms with van der Waals surface area (Å²) in [7, 11) is 0. The summed E-state index contributed by atoms with van der Waals surface area (Å²) in [6.07, 6.45) is 0.292. The largest absolute Gasteiger partial charge is 0.871 e. The van der Waals surface area contributed by atoms with Crippen molar-refractivity contribution in [2.75, 3.05) is 0 Å². The minimum absolute atomic E-state index is 0.0174. The summed E-state index contributed by atoms with van der Waals surface area (Å²) in [5.41, 5.74) is -0.505. The molecule has 1 aromatic carbocycles. The van der Waals surface area contributed by atoms with Gasteiger partial charge in [0.2, 0.25) is 0 Å². The molecule has 5 nitrogen and oxygen atoms in total. The third-order valence-corrected chi connectivity index (χ3v) is 1.98. The summed E-state index contributed by atoms with van der Waals surface area (Å²) in [5.74, 6) is -0.541. The molecule has 0 saturated heterocycles. The lowest BCUT2D eigenvalue weighted by atomic mass is 10.2. The first kappa shape index (κ1) is 9.66. The minimum Gasteiger partial charge on any atom is -0.871 e. The Morgan fingerprint density at radius 2 is 2.08 bits per heavy atom. The van der Waals surface area contributed by atoms with Crippen molar-refractivity contribution in [3.8, 4) is 5.75 Å². The molecule has 6 heteroatoms. The standard InChI is InChI=1S/C7H4BrNO4/c8-6-2-5(9(12)13)1-4(3-10)7(6)11/h1-3,11H/p-1. The molecular formula is C7H3BrNO4-. The topological polar surface area (TPSA) is 83.3 Å².